The Hall–Kier alpha value is -1.16. The van der Waals surface area contributed by atoms with Gasteiger partial charge >= 0.3 is 7.60 Å². The molecule has 0 fully saturated rings. The van der Waals surface area contributed by atoms with E-state index in [1.807, 2.05) is 0 Å². The first-order valence-corrected chi connectivity index (χ1v) is 6.65. The van der Waals surface area contributed by atoms with Crippen LogP contribution in [0.2, 0.25) is 0 Å². The van der Waals surface area contributed by atoms with Crippen LogP contribution in [0.1, 0.15) is 10.4 Å². The van der Waals surface area contributed by atoms with E-state index in [9.17, 15) is 9.36 Å². The van der Waals surface area contributed by atoms with Crippen LogP contribution in [-0.2, 0) is 13.6 Å². The zero-order chi connectivity index (χ0) is 12.9. The third kappa shape index (κ3) is 3.66. The smallest absolute Gasteiger partial charge is 0.337 e. The summed E-state index contributed by atoms with van der Waals surface area (Å²) in [6.07, 6.45) is -0.271. The first-order valence-electron chi connectivity index (χ1n) is 4.92. The Bertz CT molecular complexity index is 418. The number of benzene rings is 1. The lowest BCUT2D eigenvalue weighted by molar-refractivity contribution is 0.101. The van der Waals surface area contributed by atoms with Crippen molar-refractivity contribution < 1.29 is 23.1 Å². The highest BCUT2D eigenvalue weighted by Gasteiger charge is 2.26. The van der Waals surface area contributed by atoms with Gasteiger partial charge in [0.25, 0.3) is 0 Å². The van der Waals surface area contributed by atoms with Gasteiger partial charge in [-0.3, -0.25) is 9.36 Å². The van der Waals surface area contributed by atoms with E-state index in [1.165, 1.54) is 14.2 Å². The van der Waals surface area contributed by atoms with Gasteiger partial charge in [-0.05, 0) is 24.3 Å². The predicted molar refractivity (Wildman–Crippen MR) is 63.8 cm³/mol. The van der Waals surface area contributed by atoms with Crippen molar-refractivity contribution in [3.8, 4) is 5.75 Å². The topological polar surface area (TPSA) is 61.8 Å². The molecule has 0 amide bonds. The van der Waals surface area contributed by atoms with Crippen LogP contribution in [0.4, 0.5) is 0 Å². The maximum atomic E-state index is 11.8. The van der Waals surface area contributed by atoms with Crippen LogP contribution in [0.5, 0.6) is 5.75 Å². The van der Waals surface area contributed by atoms with Gasteiger partial charge in [-0.15, -0.1) is 0 Å². The van der Waals surface area contributed by atoms with Crippen molar-refractivity contribution in [3.05, 3.63) is 29.8 Å². The highest BCUT2D eigenvalue weighted by Crippen LogP contribution is 2.46. The molecular weight excluding hydrogens is 243 g/mol. The van der Waals surface area contributed by atoms with E-state index >= 15 is 0 Å². The van der Waals surface area contributed by atoms with Crippen molar-refractivity contribution in [2.24, 2.45) is 0 Å². The lowest BCUT2D eigenvalue weighted by Crippen LogP contribution is -2.08. The second-order valence-electron chi connectivity index (χ2n) is 3.29. The molecule has 0 aliphatic carbocycles. The molecule has 1 aromatic carbocycles. The molecule has 0 unspecified atom stereocenters. The largest absolute Gasteiger partial charge is 0.497 e. The summed E-state index contributed by atoms with van der Waals surface area (Å²) in [5.74, 6) is 0.364. The molecular formula is C11H15O5P. The van der Waals surface area contributed by atoms with E-state index < -0.39 is 7.60 Å². The number of carbonyl (C=O) groups excluding carboxylic acids is 1. The molecule has 0 spiro atoms. The van der Waals surface area contributed by atoms with Gasteiger partial charge in [0.15, 0.2) is 5.78 Å². The highest BCUT2D eigenvalue weighted by molar-refractivity contribution is 7.54. The fourth-order valence-electron chi connectivity index (χ4n) is 1.25. The van der Waals surface area contributed by atoms with Crippen LogP contribution < -0.4 is 4.74 Å². The van der Waals surface area contributed by atoms with E-state index in [2.05, 4.69) is 0 Å². The molecule has 0 atom stereocenters. The Morgan fingerprint density at radius 1 is 1.12 bits per heavy atom. The number of hydrogen-bond donors (Lipinski definition) is 0. The third-order valence-electron chi connectivity index (χ3n) is 2.31. The molecule has 94 valence electrons. The standard InChI is InChI=1S/C11H15O5P/c1-14-10-6-4-9(5-7-10)11(12)8-17(13,15-2)16-3/h4-7H,8H2,1-3H3. The Kier molecular flexibility index (Phi) is 4.87. The van der Waals surface area contributed by atoms with E-state index in [4.69, 9.17) is 13.8 Å². The molecule has 0 N–H and O–H groups in total. The molecule has 0 saturated heterocycles. The number of hydrogen-bond acceptors (Lipinski definition) is 5. The van der Waals surface area contributed by atoms with E-state index in [0.717, 1.165) is 0 Å². The fraction of sp³-hybridized carbons (Fsp3) is 0.364. The van der Waals surface area contributed by atoms with Gasteiger partial charge in [-0.2, -0.15) is 0 Å². The van der Waals surface area contributed by atoms with Crippen LogP contribution in [0.25, 0.3) is 0 Å². The fourth-order valence-corrected chi connectivity index (χ4v) is 2.19. The van der Waals surface area contributed by atoms with E-state index in [1.54, 1.807) is 31.4 Å². The number of ketones is 1. The molecule has 0 aliphatic rings. The Balaban J connectivity index is 2.79. The molecule has 0 radical (unpaired) electrons. The first kappa shape index (κ1) is 13.9. The summed E-state index contributed by atoms with van der Waals surface area (Å²) in [5.41, 5.74) is 0.445. The Labute approximate surface area is 100 Å². The van der Waals surface area contributed by atoms with Crippen molar-refractivity contribution in [1.29, 1.82) is 0 Å². The van der Waals surface area contributed by atoms with Crippen molar-refractivity contribution in [2.45, 2.75) is 0 Å². The lowest BCUT2D eigenvalue weighted by Gasteiger charge is -2.12. The Morgan fingerprint density at radius 3 is 2.06 bits per heavy atom. The lowest BCUT2D eigenvalue weighted by atomic mass is 10.1. The van der Waals surface area contributed by atoms with Crippen LogP contribution in [0.3, 0.4) is 0 Å². The summed E-state index contributed by atoms with van der Waals surface area (Å²) in [6.45, 7) is 0. The summed E-state index contributed by atoms with van der Waals surface area (Å²) in [4.78, 5) is 11.8. The number of carbonyl (C=O) groups is 1. The summed E-state index contributed by atoms with van der Waals surface area (Å²) < 4.78 is 26.2. The number of ether oxygens (including phenoxy) is 1. The quantitative estimate of drug-likeness (QED) is 0.579. The van der Waals surface area contributed by atoms with E-state index in [0.29, 0.717) is 11.3 Å². The normalized spacial score (nSPS) is 11.2. The number of rotatable bonds is 6. The van der Waals surface area contributed by atoms with Crippen LogP contribution in [0, 0.1) is 0 Å². The van der Waals surface area contributed by atoms with Crippen LogP contribution in [-0.4, -0.2) is 33.3 Å². The SMILES string of the molecule is COc1ccc(C(=O)CP(=O)(OC)OC)cc1. The predicted octanol–water partition coefficient (Wildman–Crippen LogP) is 2.36. The van der Waals surface area contributed by atoms with Crippen molar-refractivity contribution in [3.63, 3.8) is 0 Å². The monoisotopic (exact) mass is 258 g/mol. The van der Waals surface area contributed by atoms with Gasteiger partial charge in [-0.1, -0.05) is 0 Å². The van der Waals surface area contributed by atoms with Gasteiger partial charge in [-0.25, -0.2) is 0 Å². The number of Topliss-reactive ketones (excluding diaryl/α,β-unsaturated/α-hetero) is 1. The summed E-state index contributed by atoms with van der Waals surface area (Å²) >= 11 is 0. The van der Waals surface area contributed by atoms with Crippen molar-refractivity contribution in [2.75, 3.05) is 27.5 Å². The third-order valence-corrected chi connectivity index (χ3v) is 4.09. The van der Waals surface area contributed by atoms with Crippen molar-refractivity contribution >= 4 is 13.4 Å². The van der Waals surface area contributed by atoms with Crippen molar-refractivity contribution in [1.82, 2.24) is 0 Å². The van der Waals surface area contributed by atoms with E-state index in [-0.39, 0.29) is 11.9 Å². The summed E-state index contributed by atoms with van der Waals surface area (Å²) in [5, 5.41) is 0. The molecule has 17 heavy (non-hydrogen) atoms. The van der Waals surface area contributed by atoms with Gasteiger partial charge < -0.3 is 13.8 Å². The van der Waals surface area contributed by atoms with Gasteiger partial charge in [0.1, 0.15) is 11.9 Å². The number of methoxy groups -OCH3 is 1. The zero-order valence-electron chi connectivity index (χ0n) is 10.0. The summed E-state index contributed by atoms with van der Waals surface area (Å²) in [6, 6.07) is 6.54. The molecule has 0 saturated carbocycles. The second-order valence-corrected chi connectivity index (χ2v) is 5.55. The molecule has 0 bridgehead atoms. The van der Waals surface area contributed by atoms with Gasteiger partial charge in [0.2, 0.25) is 0 Å². The first-order chi connectivity index (χ1) is 8.04. The molecule has 6 heteroatoms. The van der Waals surface area contributed by atoms with Gasteiger partial charge in [0, 0.05) is 19.8 Å². The molecule has 0 heterocycles. The minimum Gasteiger partial charge on any atom is -0.497 e. The molecule has 1 aromatic rings. The molecule has 1 rings (SSSR count). The molecule has 5 nitrogen and oxygen atoms in total. The summed E-state index contributed by atoms with van der Waals surface area (Å²) in [7, 11) is 0.751. The van der Waals surface area contributed by atoms with Gasteiger partial charge in [0.05, 0.1) is 7.11 Å². The molecule has 0 aromatic heterocycles. The maximum Gasteiger partial charge on any atom is 0.337 e. The highest BCUT2D eigenvalue weighted by atomic mass is 31.2. The average molecular weight is 258 g/mol. The second kappa shape index (κ2) is 5.96. The van der Waals surface area contributed by atoms with Crippen LogP contribution >= 0.6 is 7.60 Å². The average Bonchev–Trinajstić information content (AvgIpc) is 2.38. The molecule has 0 aliphatic heterocycles. The van der Waals surface area contributed by atoms with Crippen LogP contribution in [0.15, 0.2) is 24.3 Å². The minimum absolute atomic E-state index is 0.271. The zero-order valence-corrected chi connectivity index (χ0v) is 10.9. The maximum absolute atomic E-state index is 11.8. The Morgan fingerprint density at radius 2 is 1.65 bits per heavy atom. The minimum atomic E-state index is -3.30.